The Labute approximate surface area is 294 Å². The van der Waals surface area contributed by atoms with E-state index >= 15 is 0 Å². The Morgan fingerprint density at radius 3 is 1.69 bits per heavy atom. The van der Waals surface area contributed by atoms with E-state index in [0.717, 1.165) is 95.0 Å². The van der Waals surface area contributed by atoms with E-state index in [1.165, 1.54) is 0 Å². The van der Waals surface area contributed by atoms with Crippen LogP contribution in [-0.4, -0.2) is 49.0 Å². The molecule has 10 rings (SSSR count). The highest BCUT2D eigenvalue weighted by Crippen LogP contribution is 2.57. The number of hydrogen-bond acceptors (Lipinski definition) is 10. The van der Waals surface area contributed by atoms with Crippen LogP contribution in [0.15, 0.2) is 78.9 Å². The maximum Gasteiger partial charge on any atom is 0.231 e. The molecule has 0 aromatic heterocycles. The van der Waals surface area contributed by atoms with Crippen LogP contribution in [0.1, 0.15) is 23.6 Å². The van der Waals surface area contributed by atoms with Crippen molar-refractivity contribution >= 4 is 32.9 Å². The number of anilines is 2. The summed E-state index contributed by atoms with van der Waals surface area (Å²) in [5.74, 6) is 4.91. The third-order valence-corrected chi connectivity index (χ3v) is 10.6. The SMILES string of the molecule is COc1ccc2c(c1)C(OC1c3c(ccc(OC)c3OC)-c3ccc4cc5c(cc4c3N1C)OCO5)N(C)c1c-2ccc2cc3c(cc12)OCO3. The molecule has 256 valence electrons. The minimum atomic E-state index is -0.613. The van der Waals surface area contributed by atoms with Gasteiger partial charge in [0.05, 0.1) is 38.3 Å². The average molecular weight is 683 g/mol. The van der Waals surface area contributed by atoms with E-state index in [1.807, 2.05) is 24.3 Å². The first-order chi connectivity index (χ1) is 25.0. The molecule has 10 nitrogen and oxygen atoms in total. The topological polar surface area (TPSA) is 80.3 Å². The van der Waals surface area contributed by atoms with Gasteiger partial charge in [-0.2, -0.15) is 0 Å². The maximum atomic E-state index is 7.50. The molecule has 4 aliphatic rings. The molecule has 0 radical (unpaired) electrons. The molecule has 2 unspecified atom stereocenters. The van der Waals surface area contributed by atoms with Gasteiger partial charge < -0.3 is 47.7 Å². The van der Waals surface area contributed by atoms with E-state index in [1.54, 1.807) is 21.3 Å². The fourth-order valence-electron chi connectivity index (χ4n) is 8.22. The first-order valence-corrected chi connectivity index (χ1v) is 16.7. The van der Waals surface area contributed by atoms with Gasteiger partial charge >= 0.3 is 0 Å². The van der Waals surface area contributed by atoms with E-state index in [-0.39, 0.29) is 13.6 Å². The Morgan fingerprint density at radius 1 is 0.549 bits per heavy atom. The zero-order valence-electron chi connectivity index (χ0n) is 28.7. The molecule has 0 saturated carbocycles. The molecule has 10 heteroatoms. The molecule has 0 fully saturated rings. The fraction of sp³-hybridized carbons (Fsp3) is 0.220. The van der Waals surface area contributed by atoms with Gasteiger partial charge in [-0.1, -0.05) is 30.3 Å². The summed E-state index contributed by atoms with van der Waals surface area (Å²) < 4.78 is 48.4. The van der Waals surface area contributed by atoms with Crippen LogP contribution in [-0.2, 0) is 4.74 Å². The zero-order valence-corrected chi connectivity index (χ0v) is 28.7. The minimum Gasteiger partial charge on any atom is -0.497 e. The van der Waals surface area contributed by atoms with Crippen molar-refractivity contribution in [2.24, 2.45) is 0 Å². The summed E-state index contributed by atoms with van der Waals surface area (Å²) in [7, 11) is 9.15. The first-order valence-electron chi connectivity index (χ1n) is 16.7. The van der Waals surface area contributed by atoms with Crippen LogP contribution >= 0.6 is 0 Å². The lowest BCUT2D eigenvalue weighted by molar-refractivity contribution is -0.0153. The highest BCUT2D eigenvalue weighted by atomic mass is 16.7. The predicted octanol–water partition coefficient (Wildman–Crippen LogP) is 8.42. The molecule has 0 aliphatic carbocycles. The van der Waals surface area contributed by atoms with Crippen LogP contribution in [0.25, 0.3) is 43.8 Å². The summed E-state index contributed by atoms with van der Waals surface area (Å²) in [5, 5.41) is 4.15. The summed E-state index contributed by atoms with van der Waals surface area (Å²) in [6.07, 6.45) is -1.16. The molecule has 51 heavy (non-hydrogen) atoms. The van der Waals surface area contributed by atoms with Crippen molar-refractivity contribution in [1.29, 1.82) is 0 Å². The Balaban J connectivity index is 1.19. The van der Waals surface area contributed by atoms with E-state index in [9.17, 15) is 0 Å². The van der Waals surface area contributed by atoms with Crippen molar-refractivity contribution in [2.75, 3.05) is 58.8 Å². The van der Waals surface area contributed by atoms with Crippen LogP contribution in [0.3, 0.4) is 0 Å². The van der Waals surface area contributed by atoms with Crippen LogP contribution in [0.4, 0.5) is 11.4 Å². The monoisotopic (exact) mass is 682 g/mol. The zero-order chi connectivity index (χ0) is 34.5. The highest BCUT2D eigenvalue weighted by molar-refractivity contribution is 6.07. The number of ether oxygens (including phenoxy) is 8. The third-order valence-electron chi connectivity index (χ3n) is 10.6. The molecule has 6 aromatic carbocycles. The minimum absolute atomic E-state index is 0.199. The van der Waals surface area contributed by atoms with Crippen LogP contribution in [0, 0.1) is 0 Å². The molecular formula is C41H34N2O8. The highest BCUT2D eigenvalue weighted by Gasteiger charge is 2.40. The number of hydrogen-bond donors (Lipinski definition) is 0. The summed E-state index contributed by atoms with van der Waals surface area (Å²) in [5.41, 5.74) is 8.08. The van der Waals surface area contributed by atoms with Gasteiger partial charge in [0.2, 0.25) is 13.6 Å². The van der Waals surface area contributed by atoms with Gasteiger partial charge in [0, 0.05) is 41.6 Å². The second kappa shape index (κ2) is 11.0. The molecule has 0 bridgehead atoms. The molecule has 0 saturated heterocycles. The van der Waals surface area contributed by atoms with E-state index < -0.39 is 12.5 Å². The van der Waals surface area contributed by atoms with Crippen LogP contribution in [0.5, 0.6) is 40.2 Å². The standard InChI is InChI=1S/C41H34N2O8/c1-42-37-26(9-6-21-14-32-34(17-28(21)37)49-19-47-32)24-11-8-23(44-3)16-30(24)40(42)51-41-36-25(12-13-31(45-4)39(36)46-5)27-10-7-22-15-33-35(50-20-48-33)18-29(22)38(27)43(41)2/h6-18,40-41H,19-20H2,1-5H3. The Morgan fingerprint density at radius 2 is 1.10 bits per heavy atom. The lowest BCUT2D eigenvalue weighted by atomic mass is 9.88. The molecule has 4 aliphatic heterocycles. The first kappa shape index (κ1) is 29.9. The van der Waals surface area contributed by atoms with Gasteiger partial charge in [0.15, 0.2) is 47.0 Å². The van der Waals surface area contributed by atoms with Gasteiger partial charge in [-0.15, -0.1) is 0 Å². The second-order valence-electron chi connectivity index (χ2n) is 13.1. The molecular weight excluding hydrogens is 648 g/mol. The van der Waals surface area contributed by atoms with Crippen molar-refractivity contribution in [3.63, 3.8) is 0 Å². The van der Waals surface area contributed by atoms with Crippen molar-refractivity contribution in [3.05, 3.63) is 90.0 Å². The summed E-state index contributed by atoms with van der Waals surface area (Å²) in [6.45, 7) is 0.402. The van der Waals surface area contributed by atoms with Gasteiger partial charge in [-0.3, -0.25) is 0 Å². The van der Waals surface area contributed by atoms with Crippen LogP contribution < -0.4 is 43.0 Å². The number of fused-ring (bicyclic) bond motifs is 12. The van der Waals surface area contributed by atoms with Crippen molar-refractivity contribution < 1.29 is 37.9 Å². The summed E-state index contributed by atoms with van der Waals surface area (Å²) in [4.78, 5) is 4.40. The lowest BCUT2D eigenvalue weighted by Crippen LogP contribution is -2.37. The van der Waals surface area contributed by atoms with Crippen molar-refractivity contribution in [3.8, 4) is 62.5 Å². The Kier molecular flexibility index (Phi) is 6.44. The normalized spacial score (nSPS) is 17.6. The second-order valence-corrected chi connectivity index (χ2v) is 13.1. The molecule has 6 aromatic rings. The fourth-order valence-corrected chi connectivity index (χ4v) is 8.22. The summed E-state index contributed by atoms with van der Waals surface area (Å²) >= 11 is 0. The number of rotatable bonds is 5. The average Bonchev–Trinajstić information content (AvgIpc) is 3.83. The molecule has 0 amide bonds. The predicted molar refractivity (Wildman–Crippen MR) is 194 cm³/mol. The van der Waals surface area contributed by atoms with Crippen LogP contribution in [0.2, 0.25) is 0 Å². The van der Waals surface area contributed by atoms with Gasteiger partial charge in [-0.25, -0.2) is 0 Å². The largest absolute Gasteiger partial charge is 0.497 e. The van der Waals surface area contributed by atoms with Gasteiger partial charge in [-0.05, 0) is 70.4 Å². The van der Waals surface area contributed by atoms with E-state index in [2.05, 4.69) is 78.5 Å². The summed E-state index contributed by atoms with van der Waals surface area (Å²) in [6, 6.07) is 27.0. The van der Waals surface area contributed by atoms with Crippen molar-refractivity contribution in [1.82, 2.24) is 0 Å². The maximum absolute atomic E-state index is 7.50. The van der Waals surface area contributed by atoms with Gasteiger partial charge in [0.25, 0.3) is 0 Å². The van der Waals surface area contributed by atoms with E-state index in [4.69, 9.17) is 37.9 Å². The molecule has 0 spiro atoms. The smallest absolute Gasteiger partial charge is 0.231 e. The Hall–Kier alpha value is -6.00. The lowest BCUT2D eigenvalue weighted by Gasteiger charge is -2.44. The van der Waals surface area contributed by atoms with Gasteiger partial charge in [0.1, 0.15) is 5.75 Å². The third kappa shape index (κ3) is 4.20. The molecule has 0 N–H and O–H groups in total. The number of benzene rings is 6. The molecule has 4 heterocycles. The molecule has 2 atom stereocenters. The quantitative estimate of drug-likeness (QED) is 0.177. The van der Waals surface area contributed by atoms with E-state index in [0.29, 0.717) is 11.5 Å². The number of methoxy groups -OCH3 is 3. The number of nitrogens with zero attached hydrogens (tertiary/aromatic N) is 2. The van der Waals surface area contributed by atoms with Crippen molar-refractivity contribution in [2.45, 2.75) is 12.5 Å². The Bertz CT molecular complexity index is 2440.